The summed E-state index contributed by atoms with van der Waals surface area (Å²) in [7, 11) is 4.87. The highest BCUT2D eigenvalue weighted by Crippen LogP contribution is 2.37. The van der Waals surface area contributed by atoms with E-state index in [4.69, 9.17) is 9.47 Å². The van der Waals surface area contributed by atoms with E-state index in [1.807, 2.05) is 62.4 Å². The molecule has 0 saturated heterocycles. The Morgan fingerprint density at radius 3 is 2.39 bits per heavy atom. The molecule has 0 bridgehead atoms. The lowest BCUT2D eigenvalue weighted by atomic mass is 9.97. The van der Waals surface area contributed by atoms with Crippen molar-refractivity contribution in [2.45, 2.75) is 26.3 Å². The summed E-state index contributed by atoms with van der Waals surface area (Å²) >= 11 is 0. The zero-order valence-corrected chi connectivity index (χ0v) is 18.7. The van der Waals surface area contributed by atoms with Crippen molar-refractivity contribution in [3.63, 3.8) is 0 Å². The van der Waals surface area contributed by atoms with E-state index >= 15 is 0 Å². The second-order valence-electron chi connectivity index (χ2n) is 7.82. The van der Waals surface area contributed by atoms with Crippen molar-refractivity contribution < 1.29 is 19.1 Å². The van der Waals surface area contributed by atoms with Crippen LogP contribution in [0.25, 0.3) is 0 Å². The summed E-state index contributed by atoms with van der Waals surface area (Å²) in [5.74, 6) is 0.949. The molecule has 0 saturated carbocycles. The third-order valence-corrected chi connectivity index (χ3v) is 5.33. The molecule has 0 radical (unpaired) electrons. The van der Waals surface area contributed by atoms with E-state index in [0.717, 1.165) is 22.6 Å². The maximum Gasteiger partial charge on any atom is 0.262 e. The summed E-state index contributed by atoms with van der Waals surface area (Å²) in [6.07, 6.45) is 0.542. The van der Waals surface area contributed by atoms with Gasteiger partial charge in [-0.25, -0.2) is 5.01 Å². The third-order valence-electron chi connectivity index (χ3n) is 5.33. The molecule has 2 amide bonds. The van der Waals surface area contributed by atoms with E-state index in [0.29, 0.717) is 12.2 Å². The number of hydrogen-bond acceptors (Lipinski definition) is 5. The first-order valence-electron chi connectivity index (χ1n) is 10.3. The SMILES string of the molecule is COc1ccc(C2=NN(C(=O)CN(C)C(=O)C(C)C)[C@H](c3ccccc3OC)C2)cc1. The van der Waals surface area contributed by atoms with Crippen molar-refractivity contribution in [2.75, 3.05) is 27.8 Å². The van der Waals surface area contributed by atoms with Gasteiger partial charge in [-0.05, 0) is 35.9 Å². The fourth-order valence-electron chi connectivity index (χ4n) is 3.68. The predicted molar refractivity (Wildman–Crippen MR) is 119 cm³/mol. The molecule has 7 heteroatoms. The topological polar surface area (TPSA) is 71.4 Å². The summed E-state index contributed by atoms with van der Waals surface area (Å²) in [4.78, 5) is 26.9. The first kappa shape index (κ1) is 22.3. The largest absolute Gasteiger partial charge is 0.497 e. The van der Waals surface area contributed by atoms with Crippen LogP contribution in [0.15, 0.2) is 53.6 Å². The fourth-order valence-corrected chi connectivity index (χ4v) is 3.68. The second-order valence-corrected chi connectivity index (χ2v) is 7.82. The standard InChI is InChI=1S/C24H29N3O4/c1-16(2)24(29)26(3)15-23(28)27-21(19-8-6-7-9-22(19)31-5)14-20(25-27)17-10-12-18(30-4)13-11-17/h6-13,16,21H,14-15H2,1-5H3/t21-/m0/s1. The van der Waals surface area contributed by atoms with Gasteiger partial charge in [0.2, 0.25) is 5.91 Å². The van der Waals surface area contributed by atoms with E-state index in [1.165, 1.54) is 9.91 Å². The molecule has 0 aromatic heterocycles. The Labute approximate surface area is 183 Å². The predicted octanol–water partition coefficient (Wildman–Crippen LogP) is 3.50. The highest BCUT2D eigenvalue weighted by molar-refractivity contribution is 6.03. The van der Waals surface area contributed by atoms with Gasteiger partial charge in [0.25, 0.3) is 5.91 Å². The lowest BCUT2D eigenvalue weighted by Crippen LogP contribution is -2.40. The molecule has 7 nitrogen and oxygen atoms in total. The Morgan fingerprint density at radius 1 is 1.10 bits per heavy atom. The molecule has 164 valence electrons. The van der Waals surface area contributed by atoms with Crippen LogP contribution in [-0.2, 0) is 9.59 Å². The van der Waals surface area contributed by atoms with E-state index in [1.54, 1.807) is 21.3 Å². The van der Waals surface area contributed by atoms with Crippen LogP contribution >= 0.6 is 0 Å². The molecule has 0 fully saturated rings. The molecule has 2 aromatic rings. The monoisotopic (exact) mass is 423 g/mol. The number of benzene rings is 2. The van der Waals surface area contributed by atoms with Crippen LogP contribution in [-0.4, -0.2) is 55.2 Å². The maximum absolute atomic E-state index is 13.2. The Balaban J connectivity index is 1.93. The highest BCUT2D eigenvalue weighted by Gasteiger charge is 2.35. The first-order valence-corrected chi connectivity index (χ1v) is 10.3. The summed E-state index contributed by atoms with van der Waals surface area (Å²) in [5.41, 5.74) is 2.59. The zero-order valence-electron chi connectivity index (χ0n) is 18.7. The number of ether oxygens (including phenoxy) is 2. The van der Waals surface area contributed by atoms with E-state index in [9.17, 15) is 9.59 Å². The third kappa shape index (κ3) is 4.87. The number of carbonyl (C=O) groups excluding carboxylic acids is 2. The number of likely N-dealkylation sites (N-methyl/N-ethyl adjacent to an activating group) is 1. The van der Waals surface area contributed by atoms with Gasteiger partial charge < -0.3 is 14.4 Å². The Morgan fingerprint density at radius 2 is 1.77 bits per heavy atom. The van der Waals surface area contributed by atoms with Gasteiger partial charge in [0.1, 0.15) is 18.0 Å². The number of nitrogens with zero attached hydrogens (tertiary/aromatic N) is 3. The molecular weight excluding hydrogens is 394 g/mol. The van der Waals surface area contributed by atoms with Crippen LogP contribution in [0.4, 0.5) is 0 Å². The molecule has 0 N–H and O–H groups in total. The van der Waals surface area contributed by atoms with Crippen LogP contribution in [0.2, 0.25) is 0 Å². The molecule has 2 aromatic carbocycles. The van der Waals surface area contributed by atoms with Gasteiger partial charge in [-0.2, -0.15) is 5.10 Å². The number of hydrazone groups is 1. The van der Waals surface area contributed by atoms with E-state index in [2.05, 4.69) is 5.10 Å². The normalized spacial score (nSPS) is 15.6. The average molecular weight is 424 g/mol. The lowest BCUT2D eigenvalue weighted by molar-refractivity contribution is -0.142. The minimum atomic E-state index is -0.316. The van der Waals surface area contributed by atoms with Crippen molar-refractivity contribution in [1.29, 1.82) is 0 Å². The molecule has 0 aliphatic carbocycles. The molecule has 31 heavy (non-hydrogen) atoms. The molecule has 1 atom stereocenters. The number of para-hydroxylation sites is 1. The van der Waals surface area contributed by atoms with Gasteiger partial charge in [0.15, 0.2) is 0 Å². The summed E-state index contributed by atoms with van der Waals surface area (Å²) in [6.45, 7) is 3.59. The number of hydrogen-bond donors (Lipinski definition) is 0. The van der Waals surface area contributed by atoms with Crippen molar-refractivity contribution in [1.82, 2.24) is 9.91 Å². The molecule has 0 spiro atoms. The van der Waals surface area contributed by atoms with Crippen molar-refractivity contribution in [3.8, 4) is 11.5 Å². The zero-order chi connectivity index (χ0) is 22.5. The Bertz CT molecular complexity index is 969. The van der Waals surface area contributed by atoms with Gasteiger partial charge in [0.05, 0.1) is 26.0 Å². The van der Waals surface area contributed by atoms with Crippen molar-refractivity contribution in [2.24, 2.45) is 11.0 Å². The van der Waals surface area contributed by atoms with Crippen LogP contribution in [0.1, 0.15) is 37.4 Å². The van der Waals surface area contributed by atoms with Gasteiger partial charge in [-0.15, -0.1) is 0 Å². The van der Waals surface area contributed by atoms with Gasteiger partial charge in [-0.1, -0.05) is 32.0 Å². The van der Waals surface area contributed by atoms with Gasteiger partial charge in [0, 0.05) is 24.9 Å². The number of rotatable bonds is 7. The molecule has 1 heterocycles. The van der Waals surface area contributed by atoms with E-state index < -0.39 is 0 Å². The van der Waals surface area contributed by atoms with Crippen molar-refractivity contribution >= 4 is 17.5 Å². The minimum Gasteiger partial charge on any atom is -0.497 e. The number of methoxy groups -OCH3 is 2. The van der Waals surface area contributed by atoms with Crippen LogP contribution < -0.4 is 9.47 Å². The Hall–Kier alpha value is -3.35. The molecule has 1 aliphatic heterocycles. The van der Waals surface area contributed by atoms with Crippen molar-refractivity contribution in [3.05, 3.63) is 59.7 Å². The molecule has 3 rings (SSSR count). The smallest absolute Gasteiger partial charge is 0.262 e. The summed E-state index contributed by atoms with van der Waals surface area (Å²) in [5, 5.41) is 6.16. The Kier molecular flexibility index (Phi) is 6.95. The summed E-state index contributed by atoms with van der Waals surface area (Å²) < 4.78 is 10.8. The highest BCUT2D eigenvalue weighted by atomic mass is 16.5. The van der Waals surface area contributed by atoms with Gasteiger partial charge in [-0.3, -0.25) is 9.59 Å². The second kappa shape index (κ2) is 9.64. The first-order chi connectivity index (χ1) is 14.8. The number of amides is 2. The molecule has 0 unspecified atom stereocenters. The van der Waals surface area contributed by atoms with E-state index in [-0.39, 0.29) is 30.3 Å². The average Bonchev–Trinajstić information content (AvgIpc) is 3.23. The van der Waals surface area contributed by atoms with Crippen LogP contribution in [0.3, 0.4) is 0 Å². The lowest BCUT2D eigenvalue weighted by Gasteiger charge is -2.26. The molecular formula is C24H29N3O4. The van der Waals surface area contributed by atoms with Gasteiger partial charge >= 0.3 is 0 Å². The van der Waals surface area contributed by atoms with Crippen LogP contribution in [0, 0.1) is 5.92 Å². The minimum absolute atomic E-state index is 0.0396. The quantitative estimate of drug-likeness (QED) is 0.683. The molecule has 1 aliphatic rings. The maximum atomic E-state index is 13.2. The van der Waals surface area contributed by atoms with Crippen LogP contribution in [0.5, 0.6) is 11.5 Å². The fraction of sp³-hybridized carbons (Fsp3) is 0.375. The number of carbonyl (C=O) groups is 2. The summed E-state index contributed by atoms with van der Waals surface area (Å²) in [6, 6.07) is 14.9.